The van der Waals surface area contributed by atoms with Crippen LogP contribution in [0.4, 0.5) is 0 Å². The Morgan fingerprint density at radius 1 is 1.39 bits per heavy atom. The summed E-state index contributed by atoms with van der Waals surface area (Å²) in [6.45, 7) is 6.06. The second-order valence-corrected chi connectivity index (χ2v) is 5.46. The highest BCUT2D eigenvalue weighted by atomic mass is 35.5. The van der Waals surface area contributed by atoms with Crippen LogP contribution >= 0.6 is 11.6 Å². The third-order valence-electron chi connectivity index (χ3n) is 2.68. The van der Waals surface area contributed by atoms with E-state index in [4.69, 9.17) is 16.3 Å². The van der Waals surface area contributed by atoms with Gasteiger partial charge in [0.2, 0.25) is 0 Å². The van der Waals surface area contributed by atoms with Crippen LogP contribution in [-0.4, -0.2) is 22.5 Å². The summed E-state index contributed by atoms with van der Waals surface area (Å²) in [6.07, 6.45) is 0. The molecule has 0 saturated carbocycles. The number of carbonyl (C=O) groups excluding carboxylic acids is 1. The van der Waals surface area contributed by atoms with E-state index in [1.165, 1.54) is 7.11 Å². The van der Waals surface area contributed by atoms with Gasteiger partial charge in [0, 0.05) is 5.41 Å². The van der Waals surface area contributed by atoms with E-state index in [1.807, 2.05) is 26.8 Å². The van der Waals surface area contributed by atoms with E-state index in [2.05, 4.69) is 4.98 Å². The maximum atomic E-state index is 11.8. The van der Waals surface area contributed by atoms with Gasteiger partial charge in [-0.25, -0.2) is 9.78 Å². The molecule has 2 aromatic rings. The van der Waals surface area contributed by atoms with Crippen LogP contribution in [0.25, 0.3) is 5.52 Å². The minimum atomic E-state index is -0.403. The van der Waals surface area contributed by atoms with Gasteiger partial charge in [-0.15, -0.1) is 0 Å². The van der Waals surface area contributed by atoms with Crippen molar-refractivity contribution in [2.24, 2.45) is 0 Å². The van der Waals surface area contributed by atoms with E-state index in [9.17, 15) is 4.79 Å². The molecule has 4 nitrogen and oxygen atoms in total. The predicted molar refractivity (Wildman–Crippen MR) is 70.2 cm³/mol. The molecule has 0 N–H and O–H groups in total. The Bertz CT molecular complexity index is 611. The van der Waals surface area contributed by atoms with Gasteiger partial charge in [0.1, 0.15) is 11.5 Å². The van der Waals surface area contributed by atoms with Crippen LogP contribution in [0.2, 0.25) is 5.15 Å². The molecule has 0 aromatic carbocycles. The molecule has 0 aliphatic carbocycles. The minimum Gasteiger partial charge on any atom is -0.464 e. The standard InChI is InChI=1S/C13H15ClN2O2/c1-13(2,3)12-15-10(14)8-6-5-7-9(16(8)12)11(17)18-4/h5-7H,1-4H3. The van der Waals surface area contributed by atoms with E-state index < -0.39 is 5.97 Å². The van der Waals surface area contributed by atoms with Crippen LogP contribution in [0, 0.1) is 0 Å². The monoisotopic (exact) mass is 266 g/mol. The van der Waals surface area contributed by atoms with Crippen LogP contribution in [0.5, 0.6) is 0 Å². The molecule has 0 amide bonds. The van der Waals surface area contributed by atoms with E-state index in [0.29, 0.717) is 16.4 Å². The third kappa shape index (κ3) is 1.97. The van der Waals surface area contributed by atoms with Crippen molar-refractivity contribution in [2.75, 3.05) is 7.11 Å². The van der Waals surface area contributed by atoms with Crippen molar-refractivity contribution in [3.63, 3.8) is 0 Å². The molecular formula is C13H15ClN2O2. The molecular weight excluding hydrogens is 252 g/mol. The number of aromatic nitrogens is 2. The number of ether oxygens (including phenoxy) is 1. The number of hydrogen-bond acceptors (Lipinski definition) is 3. The maximum absolute atomic E-state index is 11.8. The average molecular weight is 267 g/mol. The first kappa shape index (κ1) is 12.9. The van der Waals surface area contributed by atoms with Crippen molar-refractivity contribution in [1.29, 1.82) is 0 Å². The van der Waals surface area contributed by atoms with Gasteiger partial charge in [-0.3, -0.25) is 4.40 Å². The number of carbonyl (C=O) groups is 1. The largest absolute Gasteiger partial charge is 0.464 e. The average Bonchev–Trinajstić information content (AvgIpc) is 2.66. The Morgan fingerprint density at radius 2 is 2.06 bits per heavy atom. The summed E-state index contributed by atoms with van der Waals surface area (Å²) in [5.41, 5.74) is 0.920. The Morgan fingerprint density at radius 3 is 2.61 bits per heavy atom. The number of imidazole rings is 1. The van der Waals surface area contributed by atoms with Crippen molar-refractivity contribution < 1.29 is 9.53 Å². The van der Waals surface area contributed by atoms with Gasteiger partial charge >= 0.3 is 5.97 Å². The summed E-state index contributed by atoms with van der Waals surface area (Å²) in [5, 5.41) is 0.394. The Hall–Kier alpha value is -1.55. The number of halogens is 1. The molecule has 0 radical (unpaired) electrons. The molecule has 2 rings (SSSR count). The van der Waals surface area contributed by atoms with Gasteiger partial charge in [-0.05, 0) is 12.1 Å². The summed E-state index contributed by atoms with van der Waals surface area (Å²) in [5.74, 6) is 0.337. The quantitative estimate of drug-likeness (QED) is 0.745. The number of fused-ring (bicyclic) bond motifs is 1. The molecule has 2 heterocycles. The molecule has 2 aromatic heterocycles. The highest BCUT2D eigenvalue weighted by Crippen LogP contribution is 2.28. The number of rotatable bonds is 1. The van der Waals surface area contributed by atoms with Crippen LogP contribution in [0.3, 0.4) is 0 Å². The molecule has 5 heteroatoms. The van der Waals surface area contributed by atoms with E-state index in [1.54, 1.807) is 16.5 Å². The zero-order valence-electron chi connectivity index (χ0n) is 10.8. The Balaban J connectivity index is 2.85. The van der Waals surface area contributed by atoms with Crippen LogP contribution in [0.15, 0.2) is 18.2 Å². The summed E-state index contributed by atoms with van der Waals surface area (Å²) < 4.78 is 6.55. The maximum Gasteiger partial charge on any atom is 0.355 e. The van der Waals surface area contributed by atoms with Gasteiger partial charge < -0.3 is 4.74 Å². The third-order valence-corrected chi connectivity index (χ3v) is 2.96. The van der Waals surface area contributed by atoms with E-state index in [0.717, 1.165) is 5.82 Å². The summed E-state index contributed by atoms with van der Waals surface area (Å²) >= 11 is 6.12. The van der Waals surface area contributed by atoms with Gasteiger partial charge in [0.25, 0.3) is 0 Å². The van der Waals surface area contributed by atoms with Crippen LogP contribution in [-0.2, 0) is 10.2 Å². The first-order chi connectivity index (χ1) is 8.36. The van der Waals surface area contributed by atoms with Crippen molar-refractivity contribution in [3.05, 3.63) is 34.9 Å². The molecule has 0 saturated heterocycles. The molecule has 0 fully saturated rings. The Kier molecular flexibility index (Phi) is 3.07. The lowest BCUT2D eigenvalue weighted by Gasteiger charge is -2.18. The fourth-order valence-corrected chi connectivity index (χ4v) is 2.09. The van der Waals surface area contributed by atoms with Crippen molar-refractivity contribution >= 4 is 23.1 Å². The normalized spacial score (nSPS) is 11.8. The first-order valence-electron chi connectivity index (χ1n) is 5.62. The number of hydrogen-bond donors (Lipinski definition) is 0. The van der Waals surface area contributed by atoms with Crippen LogP contribution < -0.4 is 0 Å². The summed E-state index contributed by atoms with van der Waals surface area (Å²) in [4.78, 5) is 16.2. The molecule has 0 spiro atoms. The molecule has 0 aliphatic heterocycles. The first-order valence-corrected chi connectivity index (χ1v) is 6.00. The molecule has 0 unspecified atom stereocenters. The number of pyridine rings is 1. The van der Waals surface area contributed by atoms with Crippen molar-refractivity contribution in [1.82, 2.24) is 9.38 Å². The number of esters is 1. The number of nitrogens with zero attached hydrogens (tertiary/aromatic N) is 2. The van der Waals surface area contributed by atoms with Crippen molar-refractivity contribution in [3.8, 4) is 0 Å². The minimum absolute atomic E-state index is 0.222. The fourth-order valence-electron chi connectivity index (χ4n) is 1.87. The predicted octanol–water partition coefficient (Wildman–Crippen LogP) is 3.07. The lowest BCUT2D eigenvalue weighted by Crippen LogP contribution is -2.19. The summed E-state index contributed by atoms with van der Waals surface area (Å²) in [6, 6.07) is 5.30. The molecule has 18 heavy (non-hydrogen) atoms. The SMILES string of the molecule is COC(=O)c1cccc2c(Cl)nc(C(C)(C)C)n12. The second kappa shape index (κ2) is 4.28. The highest BCUT2D eigenvalue weighted by Gasteiger charge is 2.25. The zero-order valence-corrected chi connectivity index (χ0v) is 11.6. The van der Waals surface area contributed by atoms with Crippen LogP contribution in [0.1, 0.15) is 37.1 Å². The molecule has 0 atom stereocenters. The molecule has 0 aliphatic rings. The highest BCUT2D eigenvalue weighted by molar-refractivity contribution is 6.32. The fraction of sp³-hybridized carbons (Fsp3) is 0.385. The molecule has 0 bridgehead atoms. The van der Waals surface area contributed by atoms with Gasteiger partial charge in [0.15, 0.2) is 5.15 Å². The number of methoxy groups -OCH3 is 1. The topological polar surface area (TPSA) is 43.6 Å². The lowest BCUT2D eigenvalue weighted by atomic mass is 9.96. The summed E-state index contributed by atoms with van der Waals surface area (Å²) in [7, 11) is 1.36. The van der Waals surface area contributed by atoms with Gasteiger partial charge in [-0.1, -0.05) is 38.4 Å². The molecule has 96 valence electrons. The van der Waals surface area contributed by atoms with Gasteiger partial charge in [-0.2, -0.15) is 0 Å². The Labute approximate surface area is 111 Å². The smallest absolute Gasteiger partial charge is 0.355 e. The lowest BCUT2D eigenvalue weighted by molar-refractivity contribution is 0.0591. The zero-order chi connectivity index (χ0) is 13.5. The van der Waals surface area contributed by atoms with E-state index in [-0.39, 0.29) is 5.41 Å². The second-order valence-electron chi connectivity index (χ2n) is 5.10. The van der Waals surface area contributed by atoms with Gasteiger partial charge in [0.05, 0.1) is 12.6 Å². The van der Waals surface area contributed by atoms with Crippen molar-refractivity contribution in [2.45, 2.75) is 26.2 Å². The van der Waals surface area contributed by atoms with E-state index >= 15 is 0 Å².